The Kier molecular flexibility index (Phi) is 7.20. The Balaban J connectivity index is 2.33. The monoisotopic (exact) mass is 222 g/mol. The summed E-state index contributed by atoms with van der Waals surface area (Å²) in [4.78, 5) is 11.8. The summed E-state index contributed by atoms with van der Waals surface area (Å²) in [7, 11) is 0. The van der Waals surface area contributed by atoms with Crippen LogP contribution in [0.5, 0.6) is 0 Å². The maximum absolute atomic E-state index is 11.8. The van der Waals surface area contributed by atoms with Gasteiger partial charge in [-0.2, -0.15) is 0 Å². The van der Waals surface area contributed by atoms with Crippen molar-refractivity contribution in [1.82, 2.24) is 0 Å². The smallest absolute Gasteiger partial charge is 0.135 e. The van der Waals surface area contributed by atoms with Crippen LogP contribution < -0.4 is 0 Å². The predicted octanol–water partition coefficient (Wildman–Crippen LogP) is 4.66. The number of allylic oxidation sites excluding steroid dienone is 2. The van der Waals surface area contributed by atoms with Gasteiger partial charge in [-0.25, -0.2) is 0 Å². The number of Topliss-reactive ketones (excluding diaryl/α,β-unsaturated/α-hetero) is 1. The van der Waals surface area contributed by atoms with E-state index in [0.29, 0.717) is 5.78 Å². The molecule has 1 heteroatoms. The topological polar surface area (TPSA) is 17.1 Å². The number of carbonyl (C=O) groups is 1. The third-order valence-corrected chi connectivity index (χ3v) is 3.53. The first-order valence-corrected chi connectivity index (χ1v) is 6.98. The molecule has 92 valence electrons. The second kappa shape index (κ2) is 8.55. The summed E-state index contributed by atoms with van der Waals surface area (Å²) in [5, 5.41) is 0. The Hall–Kier alpha value is -0.590. The number of carbonyl (C=O) groups excluding carboxylic acids is 1. The van der Waals surface area contributed by atoms with Crippen LogP contribution in [0.3, 0.4) is 0 Å². The van der Waals surface area contributed by atoms with E-state index >= 15 is 0 Å². The molecule has 0 N–H and O–H groups in total. The van der Waals surface area contributed by atoms with E-state index in [1.54, 1.807) is 0 Å². The van der Waals surface area contributed by atoms with Gasteiger partial charge in [0.15, 0.2) is 0 Å². The molecular weight excluding hydrogens is 196 g/mol. The first-order chi connectivity index (χ1) is 7.80. The van der Waals surface area contributed by atoms with Gasteiger partial charge in [0.25, 0.3) is 0 Å². The van der Waals surface area contributed by atoms with Crippen molar-refractivity contribution in [3.63, 3.8) is 0 Å². The van der Waals surface area contributed by atoms with Crippen molar-refractivity contribution >= 4 is 5.78 Å². The highest BCUT2D eigenvalue weighted by Crippen LogP contribution is 2.15. The van der Waals surface area contributed by atoms with Crippen molar-refractivity contribution in [1.29, 1.82) is 0 Å². The number of ketones is 1. The molecule has 0 radical (unpaired) electrons. The van der Waals surface area contributed by atoms with Crippen molar-refractivity contribution in [3.8, 4) is 0 Å². The summed E-state index contributed by atoms with van der Waals surface area (Å²) in [5.41, 5.74) is 0. The van der Waals surface area contributed by atoms with Crippen molar-refractivity contribution in [2.75, 3.05) is 0 Å². The van der Waals surface area contributed by atoms with Crippen LogP contribution >= 0.6 is 0 Å². The molecule has 1 rings (SSSR count). The van der Waals surface area contributed by atoms with Gasteiger partial charge in [0, 0.05) is 12.3 Å². The van der Waals surface area contributed by atoms with Gasteiger partial charge in [0.05, 0.1) is 0 Å². The first kappa shape index (κ1) is 13.5. The molecule has 0 heterocycles. The fourth-order valence-electron chi connectivity index (χ4n) is 2.26. The van der Waals surface area contributed by atoms with Gasteiger partial charge in [-0.1, -0.05) is 44.8 Å². The van der Waals surface area contributed by atoms with E-state index in [1.807, 2.05) is 0 Å². The molecule has 0 bridgehead atoms. The summed E-state index contributed by atoms with van der Waals surface area (Å²) < 4.78 is 0. The summed E-state index contributed by atoms with van der Waals surface area (Å²) in [6.07, 6.45) is 16.4. The lowest BCUT2D eigenvalue weighted by Gasteiger charge is -2.09. The maximum Gasteiger partial charge on any atom is 0.135 e. The lowest BCUT2D eigenvalue weighted by molar-refractivity contribution is -0.122. The van der Waals surface area contributed by atoms with Crippen molar-refractivity contribution in [3.05, 3.63) is 12.2 Å². The van der Waals surface area contributed by atoms with Crippen LogP contribution in [0, 0.1) is 5.92 Å². The molecule has 0 aliphatic heterocycles. The molecule has 16 heavy (non-hydrogen) atoms. The van der Waals surface area contributed by atoms with Crippen LogP contribution in [-0.2, 0) is 4.79 Å². The maximum atomic E-state index is 11.8. The lowest BCUT2D eigenvalue weighted by Crippen LogP contribution is -2.10. The zero-order chi connectivity index (χ0) is 11.6. The van der Waals surface area contributed by atoms with Crippen molar-refractivity contribution in [2.45, 2.75) is 71.1 Å². The Morgan fingerprint density at radius 1 is 0.938 bits per heavy atom. The second-order valence-corrected chi connectivity index (χ2v) is 5.08. The highest BCUT2D eigenvalue weighted by molar-refractivity contribution is 5.80. The zero-order valence-corrected chi connectivity index (χ0v) is 10.7. The van der Waals surface area contributed by atoms with Crippen LogP contribution in [0.15, 0.2) is 12.2 Å². The van der Waals surface area contributed by atoms with E-state index < -0.39 is 0 Å². The van der Waals surface area contributed by atoms with E-state index in [1.165, 1.54) is 38.5 Å². The molecule has 1 aliphatic carbocycles. The van der Waals surface area contributed by atoms with Crippen molar-refractivity contribution < 1.29 is 4.79 Å². The molecule has 1 atom stereocenters. The second-order valence-electron chi connectivity index (χ2n) is 5.08. The number of hydrogen-bond acceptors (Lipinski definition) is 1. The predicted molar refractivity (Wildman–Crippen MR) is 69.5 cm³/mol. The molecule has 1 nitrogen and oxygen atoms in total. The molecular formula is C15H26O. The molecule has 0 fully saturated rings. The average molecular weight is 222 g/mol. The summed E-state index contributed by atoms with van der Waals surface area (Å²) >= 11 is 0. The molecule has 0 aromatic rings. The van der Waals surface area contributed by atoms with Crippen LogP contribution in [-0.4, -0.2) is 5.78 Å². The highest BCUT2D eigenvalue weighted by Gasteiger charge is 2.11. The van der Waals surface area contributed by atoms with Gasteiger partial charge in [-0.05, 0) is 32.1 Å². The molecule has 0 aromatic carbocycles. The van der Waals surface area contributed by atoms with Gasteiger partial charge >= 0.3 is 0 Å². The fourth-order valence-corrected chi connectivity index (χ4v) is 2.26. The summed E-state index contributed by atoms with van der Waals surface area (Å²) in [5.74, 6) is 0.748. The summed E-state index contributed by atoms with van der Waals surface area (Å²) in [6, 6.07) is 0. The minimum atomic E-state index is 0.271. The SMILES string of the molecule is CC1CC/C=C\CCCCCCCCC1=O. The van der Waals surface area contributed by atoms with Gasteiger partial charge in [-0.15, -0.1) is 0 Å². The third-order valence-electron chi connectivity index (χ3n) is 3.53. The van der Waals surface area contributed by atoms with Gasteiger partial charge in [0.1, 0.15) is 5.78 Å². The minimum absolute atomic E-state index is 0.271. The fraction of sp³-hybridized carbons (Fsp3) is 0.800. The van der Waals surface area contributed by atoms with Crippen LogP contribution in [0.25, 0.3) is 0 Å². The van der Waals surface area contributed by atoms with Crippen molar-refractivity contribution in [2.24, 2.45) is 5.92 Å². The Morgan fingerprint density at radius 3 is 2.38 bits per heavy atom. The zero-order valence-electron chi connectivity index (χ0n) is 10.7. The molecule has 0 aromatic heterocycles. The van der Waals surface area contributed by atoms with Gasteiger partial charge in [0.2, 0.25) is 0 Å². The van der Waals surface area contributed by atoms with Crippen LogP contribution in [0.2, 0.25) is 0 Å². The lowest BCUT2D eigenvalue weighted by atomic mass is 9.95. The van der Waals surface area contributed by atoms with Gasteiger partial charge in [-0.3, -0.25) is 4.79 Å². The normalized spacial score (nSPS) is 28.3. The molecule has 0 spiro atoms. The molecule has 1 unspecified atom stereocenters. The Bertz CT molecular complexity index is 217. The molecule has 0 saturated carbocycles. The number of rotatable bonds is 0. The minimum Gasteiger partial charge on any atom is -0.299 e. The standard InChI is InChI=1S/C15H26O/c1-14-12-10-8-6-4-2-3-5-7-9-11-13-15(14)16/h6,8,14H,2-5,7,9-13H2,1H3/b8-6-. The van der Waals surface area contributed by atoms with Crippen LogP contribution in [0.1, 0.15) is 71.1 Å². The quantitative estimate of drug-likeness (QED) is 0.545. The van der Waals surface area contributed by atoms with E-state index in [4.69, 9.17) is 0 Å². The average Bonchev–Trinajstić information content (AvgIpc) is 2.29. The van der Waals surface area contributed by atoms with E-state index in [-0.39, 0.29) is 5.92 Å². The van der Waals surface area contributed by atoms with E-state index in [2.05, 4.69) is 19.1 Å². The Labute approximate surface area is 100 Å². The molecule has 1 aliphatic rings. The van der Waals surface area contributed by atoms with E-state index in [9.17, 15) is 4.79 Å². The molecule has 0 amide bonds. The number of hydrogen-bond donors (Lipinski definition) is 0. The first-order valence-electron chi connectivity index (χ1n) is 6.98. The van der Waals surface area contributed by atoms with E-state index in [0.717, 1.165) is 25.7 Å². The van der Waals surface area contributed by atoms with Gasteiger partial charge < -0.3 is 0 Å². The van der Waals surface area contributed by atoms with Crippen LogP contribution in [0.4, 0.5) is 0 Å². The Morgan fingerprint density at radius 2 is 1.56 bits per heavy atom. The molecule has 0 saturated heterocycles. The highest BCUT2D eigenvalue weighted by atomic mass is 16.1. The largest absolute Gasteiger partial charge is 0.299 e. The summed E-state index contributed by atoms with van der Waals surface area (Å²) in [6.45, 7) is 2.09. The third kappa shape index (κ3) is 6.09.